The van der Waals surface area contributed by atoms with Crippen molar-refractivity contribution >= 4 is 5.57 Å². The first-order chi connectivity index (χ1) is 7.36. The Labute approximate surface area is 87.9 Å². The lowest BCUT2D eigenvalue weighted by molar-refractivity contribution is 0.232. The molecule has 1 aromatic heterocycles. The van der Waals surface area contributed by atoms with Gasteiger partial charge in [0.25, 0.3) is 0 Å². The van der Waals surface area contributed by atoms with Gasteiger partial charge in [-0.2, -0.15) is 0 Å². The summed E-state index contributed by atoms with van der Waals surface area (Å²) in [4.78, 5) is 3.16. The van der Waals surface area contributed by atoms with Gasteiger partial charge in [0.15, 0.2) is 0 Å². The fourth-order valence-electron chi connectivity index (χ4n) is 2.07. The van der Waals surface area contributed by atoms with Gasteiger partial charge >= 0.3 is 0 Å². The lowest BCUT2D eigenvalue weighted by Crippen LogP contribution is -1.89. The third-order valence-electron chi connectivity index (χ3n) is 2.78. The van der Waals surface area contributed by atoms with Gasteiger partial charge in [-0.25, -0.2) is 0 Å². The Bertz CT molecular complexity index is 511. The SMILES string of the molecule is OC1C=C(c2ccc[nH]2)c2ccccc21. The number of aromatic amines is 1. The zero-order valence-corrected chi connectivity index (χ0v) is 8.14. The molecule has 2 nitrogen and oxygen atoms in total. The molecule has 2 N–H and O–H groups in total. The molecule has 1 atom stereocenters. The summed E-state index contributed by atoms with van der Waals surface area (Å²) in [5, 5.41) is 9.86. The van der Waals surface area contributed by atoms with Crippen molar-refractivity contribution < 1.29 is 5.11 Å². The maximum atomic E-state index is 9.86. The molecule has 15 heavy (non-hydrogen) atoms. The van der Waals surface area contributed by atoms with Gasteiger partial charge in [-0.15, -0.1) is 0 Å². The molecule has 1 unspecified atom stereocenters. The highest BCUT2D eigenvalue weighted by Crippen LogP contribution is 2.37. The zero-order valence-electron chi connectivity index (χ0n) is 8.14. The number of H-pyrrole nitrogens is 1. The van der Waals surface area contributed by atoms with Crippen LogP contribution in [0.15, 0.2) is 48.7 Å². The van der Waals surface area contributed by atoms with E-state index in [9.17, 15) is 5.11 Å². The summed E-state index contributed by atoms with van der Waals surface area (Å²) in [7, 11) is 0. The monoisotopic (exact) mass is 197 g/mol. The van der Waals surface area contributed by atoms with E-state index >= 15 is 0 Å². The van der Waals surface area contributed by atoms with E-state index in [1.165, 1.54) is 0 Å². The summed E-state index contributed by atoms with van der Waals surface area (Å²) in [5.41, 5.74) is 4.25. The number of benzene rings is 1. The molecule has 1 heterocycles. The molecule has 0 fully saturated rings. The molecule has 0 spiro atoms. The van der Waals surface area contributed by atoms with Gasteiger partial charge in [0.05, 0.1) is 6.10 Å². The largest absolute Gasteiger partial charge is 0.384 e. The summed E-state index contributed by atoms with van der Waals surface area (Å²) in [6.45, 7) is 0. The van der Waals surface area contributed by atoms with E-state index in [0.717, 1.165) is 22.4 Å². The number of nitrogens with one attached hydrogen (secondary N) is 1. The lowest BCUT2D eigenvalue weighted by atomic mass is 10.0. The van der Waals surface area contributed by atoms with Crippen LogP contribution in [0.2, 0.25) is 0 Å². The molecule has 0 aliphatic heterocycles. The molecule has 0 saturated carbocycles. The number of rotatable bonds is 1. The molecule has 1 aromatic carbocycles. The van der Waals surface area contributed by atoms with Gasteiger partial charge in [-0.1, -0.05) is 24.3 Å². The predicted molar refractivity (Wildman–Crippen MR) is 59.3 cm³/mol. The van der Waals surface area contributed by atoms with Crippen molar-refractivity contribution in [1.29, 1.82) is 0 Å². The van der Waals surface area contributed by atoms with E-state index in [-0.39, 0.29) is 0 Å². The standard InChI is InChI=1S/C13H11NO/c15-13-8-11(12-6-3-7-14-12)9-4-1-2-5-10(9)13/h1-8,13-15H. The number of fused-ring (bicyclic) bond motifs is 1. The Balaban J connectivity index is 2.17. The first-order valence-corrected chi connectivity index (χ1v) is 4.99. The van der Waals surface area contributed by atoms with Crippen molar-refractivity contribution in [1.82, 2.24) is 4.98 Å². The summed E-state index contributed by atoms with van der Waals surface area (Å²) >= 11 is 0. The Morgan fingerprint density at radius 3 is 2.73 bits per heavy atom. The van der Waals surface area contributed by atoms with Crippen LogP contribution in [-0.2, 0) is 0 Å². The van der Waals surface area contributed by atoms with Crippen LogP contribution in [0.1, 0.15) is 22.9 Å². The van der Waals surface area contributed by atoms with Crippen LogP contribution in [-0.4, -0.2) is 10.1 Å². The second-order valence-corrected chi connectivity index (χ2v) is 3.70. The van der Waals surface area contributed by atoms with Crippen molar-refractivity contribution in [3.63, 3.8) is 0 Å². The molecule has 2 heteroatoms. The van der Waals surface area contributed by atoms with E-state index in [2.05, 4.69) is 4.98 Å². The molecule has 1 aliphatic rings. The van der Waals surface area contributed by atoms with E-state index < -0.39 is 6.10 Å². The van der Waals surface area contributed by atoms with E-state index in [1.807, 2.05) is 48.7 Å². The molecule has 0 bridgehead atoms. The minimum atomic E-state index is -0.473. The third-order valence-corrected chi connectivity index (χ3v) is 2.78. The van der Waals surface area contributed by atoms with Crippen LogP contribution in [0.4, 0.5) is 0 Å². The predicted octanol–water partition coefficient (Wildman–Crippen LogP) is 2.49. The zero-order chi connectivity index (χ0) is 10.3. The quantitative estimate of drug-likeness (QED) is 0.724. The van der Waals surface area contributed by atoms with Crippen LogP contribution < -0.4 is 0 Å². The van der Waals surface area contributed by atoms with E-state index in [0.29, 0.717) is 0 Å². The Hall–Kier alpha value is -1.80. The first-order valence-electron chi connectivity index (χ1n) is 4.99. The van der Waals surface area contributed by atoms with Crippen LogP contribution in [0.5, 0.6) is 0 Å². The minimum Gasteiger partial charge on any atom is -0.384 e. The number of aliphatic hydroxyl groups is 1. The average molecular weight is 197 g/mol. The normalized spacial score (nSPS) is 18.7. The lowest BCUT2D eigenvalue weighted by Gasteiger charge is -2.03. The first kappa shape index (κ1) is 8.50. The van der Waals surface area contributed by atoms with E-state index in [4.69, 9.17) is 0 Å². The molecular formula is C13H11NO. The van der Waals surface area contributed by atoms with Gasteiger partial charge in [-0.3, -0.25) is 0 Å². The number of aromatic nitrogens is 1. The highest BCUT2D eigenvalue weighted by molar-refractivity contribution is 5.83. The highest BCUT2D eigenvalue weighted by Gasteiger charge is 2.21. The molecule has 1 aliphatic carbocycles. The van der Waals surface area contributed by atoms with Gasteiger partial charge in [0.2, 0.25) is 0 Å². The summed E-state index contributed by atoms with van der Waals surface area (Å²) in [6, 6.07) is 11.9. The number of hydrogen-bond donors (Lipinski definition) is 2. The van der Waals surface area contributed by atoms with Gasteiger partial charge in [-0.05, 0) is 29.3 Å². The van der Waals surface area contributed by atoms with Crippen LogP contribution >= 0.6 is 0 Å². The van der Waals surface area contributed by atoms with E-state index in [1.54, 1.807) is 0 Å². The summed E-state index contributed by atoms with van der Waals surface area (Å²) in [5.74, 6) is 0. The van der Waals surface area contributed by atoms with Crippen LogP contribution in [0, 0.1) is 0 Å². The third kappa shape index (κ3) is 1.22. The number of hydrogen-bond acceptors (Lipinski definition) is 1. The van der Waals surface area contributed by atoms with Gasteiger partial charge < -0.3 is 10.1 Å². The smallest absolute Gasteiger partial charge is 0.0987 e. The van der Waals surface area contributed by atoms with Crippen LogP contribution in [0.3, 0.4) is 0 Å². The second kappa shape index (κ2) is 3.11. The topological polar surface area (TPSA) is 36.0 Å². The molecule has 3 rings (SSSR count). The van der Waals surface area contributed by atoms with Gasteiger partial charge in [0.1, 0.15) is 0 Å². The molecule has 0 radical (unpaired) electrons. The van der Waals surface area contributed by atoms with Crippen molar-refractivity contribution in [2.24, 2.45) is 0 Å². The Morgan fingerprint density at radius 2 is 1.93 bits per heavy atom. The van der Waals surface area contributed by atoms with Crippen LogP contribution in [0.25, 0.3) is 5.57 Å². The average Bonchev–Trinajstić information content (AvgIpc) is 2.87. The van der Waals surface area contributed by atoms with Crippen molar-refractivity contribution in [2.75, 3.05) is 0 Å². The van der Waals surface area contributed by atoms with Gasteiger partial charge in [0, 0.05) is 17.5 Å². The fraction of sp³-hybridized carbons (Fsp3) is 0.0769. The summed E-state index contributed by atoms with van der Waals surface area (Å²) < 4.78 is 0. The molecule has 0 saturated heterocycles. The highest BCUT2D eigenvalue weighted by atomic mass is 16.3. The Kier molecular flexibility index (Phi) is 1.76. The van der Waals surface area contributed by atoms with Crippen molar-refractivity contribution in [3.8, 4) is 0 Å². The fourth-order valence-corrected chi connectivity index (χ4v) is 2.07. The Morgan fingerprint density at radius 1 is 1.07 bits per heavy atom. The van der Waals surface area contributed by atoms with Crippen molar-refractivity contribution in [3.05, 3.63) is 65.5 Å². The second-order valence-electron chi connectivity index (χ2n) is 3.70. The minimum absolute atomic E-state index is 0.473. The maximum Gasteiger partial charge on any atom is 0.0987 e. The summed E-state index contributed by atoms with van der Waals surface area (Å²) in [6.07, 6.45) is 3.31. The van der Waals surface area contributed by atoms with Crippen molar-refractivity contribution in [2.45, 2.75) is 6.10 Å². The molecule has 2 aromatic rings. The maximum absolute atomic E-state index is 9.86. The molecular weight excluding hydrogens is 186 g/mol. The molecule has 0 amide bonds. The molecule has 74 valence electrons. The number of aliphatic hydroxyl groups excluding tert-OH is 1.